The van der Waals surface area contributed by atoms with Crippen molar-refractivity contribution >= 4 is 38.1 Å². The van der Waals surface area contributed by atoms with Gasteiger partial charge in [-0.3, -0.25) is 9.36 Å². The van der Waals surface area contributed by atoms with Crippen LogP contribution in [-0.4, -0.2) is 21.4 Å². The van der Waals surface area contributed by atoms with Crippen molar-refractivity contribution < 1.29 is 10.2 Å². The molecule has 0 saturated carbocycles. The van der Waals surface area contributed by atoms with E-state index in [-0.39, 0.29) is 30.0 Å². The number of pyridine rings is 1. The molecule has 1 aromatic heterocycles. The highest BCUT2D eigenvalue weighted by atomic mass is 79.9. The molecule has 0 amide bonds. The molecule has 2 N–H and O–H groups in total. The molecule has 3 aromatic rings. The predicted octanol–water partition coefficient (Wildman–Crippen LogP) is 4.06. The Morgan fingerprint density at radius 3 is 2.56 bits per heavy atom. The van der Waals surface area contributed by atoms with Crippen molar-refractivity contribution in [1.82, 2.24) is 4.57 Å². The molecule has 3 rings (SSSR count). The van der Waals surface area contributed by atoms with E-state index in [1.54, 1.807) is 6.07 Å². The number of aromatic nitrogens is 1. The van der Waals surface area contributed by atoms with Crippen LogP contribution in [0.3, 0.4) is 0 Å². The lowest BCUT2D eigenvalue weighted by Crippen LogP contribution is -2.23. The molecule has 0 spiro atoms. The molecule has 1 heterocycles. The number of benzene rings is 2. The minimum absolute atomic E-state index is 0.0511. The molecule has 27 heavy (non-hydrogen) atoms. The minimum atomic E-state index is -0.622. The van der Waals surface area contributed by atoms with Gasteiger partial charge in [0.2, 0.25) is 5.88 Å². The monoisotopic (exact) mass is 426 g/mol. The van der Waals surface area contributed by atoms with Gasteiger partial charge in [0.05, 0.1) is 18.8 Å². The molecule has 0 aliphatic heterocycles. The van der Waals surface area contributed by atoms with Crippen molar-refractivity contribution in [3.05, 3.63) is 62.4 Å². The standard InChI is InChI=1S/C19H15BrN4O3/c1-11-14(10-21)18(26)24(8-9-25)19(27)17(11)23-22-16-7-6-15(20)12-4-2-3-5-13(12)16/h2-7,25-26H,8-9H2,1H3. The van der Waals surface area contributed by atoms with E-state index in [2.05, 4.69) is 26.2 Å². The summed E-state index contributed by atoms with van der Waals surface area (Å²) in [7, 11) is 0. The fraction of sp³-hybridized carbons (Fsp3) is 0.158. The molecule has 0 aliphatic carbocycles. The Morgan fingerprint density at radius 1 is 1.19 bits per heavy atom. The van der Waals surface area contributed by atoms with E-state index < -0.39 is 11.4 Å². The fourth-order valence-electron chi connectivity index (χ4n) is 2.80. The number of nitriles is 1. The second-order valence-electron chi connectivity index (χ2n) is 5.78. The average molecular weight is 427 g/mol. The highest BCUT2D eigenvalue weighted by molar-refractivity contribution is 9.10. The summed E-state index contributed by atoms with van der Waals surface area (Å²) in [6, 6.07) is 13.1. The van der Waals surface area contributed by atoms with Crippen LogP contribution in [0.5, 0.6) is 5.88 Å². The first kappa shape index (κ1) is 18.8. The second kappa shape index (κ2) is 7.70. The van der Waals surface area contributed by atoms with E-state index in [0.29, 0.717) is 5.69 Å². The number of fused-ring (bicyclic) bond motifs is 1. The molecule has 0 saturated heterocycles. The van der Waals surface area contributed by atoms with Crippen LogP contribution < -0.4 is 5.56 Å². The van der Waals surface area contributed by atoms with E-state index in [1.807, 2.05) is 36.4 Å². The molecule has 0 radical (unpaired) electrons. The number of aliphatic hydroxyl groups is 1. The topological polar surface area (TPSA) is 111 Å². The van der Waals surface area contributed by atoms with Crippen LogP contribution in [0.2, 0.25) is 0 Å². The van der Waals surface area contributed by atoms with E-state index in [4.69, 9.17) is 5.11 Å². The maximum Gasteiger partial charge on any atom is 0.281 e. The fourth-order valence-corrected chi connectivity index (χ4v) is 3.28. The van der Waals surface area contributed by atoms with Gasteiger partial charge >= 0.3 is 0 Å². The van der Waals surface area contributed by atoms with Crippen molar-refractivity contribution in [2.45, 2.75) is 13.5 Å². The summed E-state index contributed by atoms with van der Waals surface area (Å²) in [5.41, 5.74) is 0.0536. The number of hydrogen-bond acceptors (Lipinski definition) is 6. The quantitative estimate of drug-likeness (QED) is 0.612. The van der Waals surface area contributed by atoms with Crippen LogP contribution in [-0.2, 0) is 6.54 Å². The van der Waals surface area contributed by atoms with Gasteiger partial charge in [-0.15, -0.1) is 10.2 Å². The maximum atomic E-state index is 12.6. The number of azo groups is 1. The van der Waals surface area contributed by atoms with Gasteiger partial charge in [-0.05, 0) is 24.4 Å². The normalized spacial score (nSPS) is 11.2. The van der Waals surface area contributed by atoms with Crippen LogP contribution in [0.1, 0.15) is 11.1 Å². The third kappa shape index (κ3) is 3.35. The van der Waals surface area contributed by atoms with Crippen molar-refractivity contribution in [1.29, 1.82) is 5.26 Å². The molecule has 8 heteroatoms. The highest BCUT2D eigenvalue weighted by Crippen LogP contribution is 2.33. The molecule has 0 fully saturated rings. The van der Waals surface area contributed by atoms with Crippen LogP contribution >= 0.6 is 15.9 Å². The van der Waals surface area contributed by atoms with Crippen LogP contribution in [0.15, 0.2) is 55.9 Å². The van der Waals surface area contributed by atoms with Gasteiger partial charge in [-0.2, -0.15) is 5.26 Å². The largest absolute Gasteiger partial charge is 0.493 e. The Bertz CT molecular complexity index is 1160. The molecule has 7 nitrogen and oxygen atoms in total. The molecule has 0 atom stereocenters. The number of halogens is 1. The lowest BCUT2D eigenvalue weighted by atomic mass is 10.1. The number of aliphatic hydroxyl groups excluding tert-OH is 1. The Hall–Kier alpha value is -3.02. The third-order valence-electron chi connectivity index (χ3n) is 4.20. The first-order valence-electron chi connectivity index (χ1n) is 8.06. The Labute approximate surface area is 163 Å². The summed E-state index contributed by atoms with van der Waals surface area (Å²) in [4.78, 5) is 12.6. The molecular weight excluding hydrogens is 412 g/mol. The van der Waals surface area contributed by atoms with Crippen LogP contribution in [0, 0.1) is 18.3 Å². The van der Waals surface area contributed by atoms with Gasteiger partial charge < -0.3 is 10.2 Å². The van der Waals surface area contributed by atoms with E-state index >= 15 is 0 Å². The zero-order valence-corrected chi connectivity index (χ0v) is 15.9. The molecule has 136 valence electrons. The van der Waals surface area contributed by atoms with E-state index in [9.17, 15) is 15.2 Å². The molecule has 2 aromatic carbocycles. The number of nitrogens with zero attached hydrogens (tertiary/aromatic N) is 4. The van der Waals surface area contributed by atoms with Crippen LogP contribution in [0.25, 0.3) is 10.8 Å². The number of rotatable bonds is 4. The van der Waals surface area contributed by atoms with Gasteiger partial charge in [0.15, 0.2) is 5.69 Å². The lowest BCUT2D eigenvalue weighted by Gasteiger charge is -2.11. The Balaban J connectivity index is 2.20. The average Bonchev–Trinajstić information content (AvgIpc) is 2.67. The van der Waals surface area contributed by atoms with Crippen molar-refractivity contribution in [3.63, 3.8) is 0 Å². The summed E-state index contributed by atoms with van der Waals surface area (Å²) < 4.78 is 1.83. The van der Waals surface area contributed by atoms with Gasteiger partial charge in [0, 0.05) is 15.4 Å². The van der Waals surface area contributed by atoms with Crippen molar-refractivity contribution in [2.24, 2.45) is 10.2 Å². The zero-order chi connectivity index (χ0) is 19.6. The predicted molar refractivity (Wildman–Crippen MR) is 105 cm³/mol. The highest BCUT2D eigenvalue weighted by Gasteiger charge is 2.19. The summed E-state index contributed by atoms with van der Waals surface area (Å²) in [6.07, 6.45) is 0. The summed E-state index contributed by atoms with van der Waals surface area (Å²) >= 11 is 3.49. The summed E-state index contributed by atoms with van der Waals surface area (Å²) in [6.45, 7) is 1.01. The van der Waals surface area contributed by atoms with Gasteiger partial charge in [0.25, 0.3) is 5.56 Å². The molecule has 0 bridgehead atoms. The first-order valence-corrected chi connectivity index (χ1v) is 8.85. The van der Waals surface area contributed by atoms with Gasteiger partial charge in [0.1, 0.15) is 11.6 Å². The van der Waals surface area contributed by atoms with Crippen LogP contribution in [0.4, 0.5) is 11.4 Å². The van der Waals surface area contributed by atoms with Gasteiger partial charge in [-0.25, -0.2) is 0 Å². The lowest BCUT2D eigenvalue weighted by molar-refractivity contribution is 0.263. The molecular formula is C19H15BrN4O3. The van der Waals surface area contributed by atoms with E-state index in [0.717, 1.165) is 19.8 Å². The summed E-state index contributed by atoms with van der Waals surface area (Å²) in [5, 5.41) is 38.6. The molecule has 0 unspecified atom stereocenters. The SMILES string of the molecule is Cc1c(C#N)c(O)n(CCO)c(=O)c1N=Nc1ccc(Br)c2ccccc12. The number of aromatic hydroxyl groups is 1. The summed E-state index contributed by atoms with van der Waals surface area (Å²) in [5.74, 6) is -0.484. The smallest absolute Gasteiger partial charge is 0.281 e. The second-order valence-corrected chi connectivity index (χ2v) is 6.63. The van der Waals surface area contributed by atoms with Gasteiger partial charge in [-0.1, -0.05) is 40.2 Å². The first-order chi connectivity index (χ1) is 13.0. The molecule has 0 aliphatic rings. The maximum absolute atomic E-state index is 12.6. The number of hydrogen-bond donors (Lipinski definition) is 2. The third-order valence-corrected chi connectivity index (χ3v) is 4.89. The van der Waals surface area contributed by atoms with E-state index in [1.165, 1.54) is 6.92 Å². The minimum Gasteiger partial charge on any atom is -0.493 e. The Morgan fingerprint density at radius 2 is 1.89 bits per heavy atom. The van der Waals surface area contributed by atoms with Crippen molar-refractivity contribution in [3.8, 4) is 11.9 Å². The zero-order valence-electron chi connectivity index (χ0n) is 14.3. The van der Waals surface area contributed by atoms with Crippen molar-refractivity contribution in [2.75, 3.05) is 6.61 Å². The Kier molecular flexibility index (Phi) is 5.35.